The summed E-state index contributed by atoms with van der Waals surface area (Å²) in [7, 11) is 0. The van der Waals surface area contributed by atoms with Crippen LogP contribution in [0.5, 0.6) is 0 Å². The van der Waals surface area contributed by atoms with Gasteiger partial charge in [0.2, 0.25) is 0 Å². The lowest BCUT2D eigenvalue weighted by Crippen LogP contribution is -2.13. The second kappa shape index (κ2) is 5.33. The maximum absolute atomic E-state index is 5.69. The van der Waals surface area contributed by atoms with Crippen LogP contribution in [0.1, 0.15) is 30.4 Å². The number of rotatable bonds is 2. The normalized spacial score (nSPS) is 26.9. The van der Waals surface area contributed by atoms with Crippen molar-refractivity contribution < 1.29 is 9.47 Å². The number of hydrogen-bond donors (Lipinski definition) is 0. The molecule has 1 fully saturated rings. The van der Waals surface area contributed by atoms with Crippen LogP contribution in [0, 0.1) is 0 Å². The fraction of sp³-hybridized carbons (Fsp3) is 0.238. The lowest BCUT2D eigenvalue weighted by atomic mass is 9.87. The van der Waals surface area contributed by atoms with Gasteiger partial charge in [0.1, 0.15) is 11.9 Å². The fourth-order valence-corrected chi connectivity index (χ4v) is 4.71. The third-order valence-electron chi connectivity index (χ3n) is 5.27. The SMILES string of the molecule is CC1=C(CC2C=Cc3ccccc32)C2=CC3OCOC3=C(Br)C2=C1. The van der Waals surface area contributed by atoms with Gasteiger partial charge in [0.25, 0.3) is 0 Å². The number of allylic oxidation sites excluding steroid dienone is 7. The Morgan fingerprint density at radius 1 is 1.21 bits per heavy atom. The highest BCUT2D eigenvalue weighted by atomic mass is 79.9. The predicted octanol–water partition coefficient (Wildman–Crippen LogP) is 5.36. The minimum absolute atomic E-state index is 0.0566. The monoisotopic (exact) mass is 380 g/mol. The van der Waals surface area contributed by atoms with E-state index < -0.39 is 0 Å². The van der Waals surface area contributed by atoms with Gasteiger partial charge in [-0.05, 0) is 74.8 Å². The molecule has 120 valence electrons. The third-order valence-corrected chi connectivity index (χ3v) is 6.09. The molecule has 5 rings (SSSR count). The smallest absolute Gasteiger partial charge is 0.190 e. The molecule has 4 aliphatic rings. The molecule has 1 aromatic rings. The summed E-state index contributed by atoms with van der Waals surface area (Å²) in [5.74, 6) is 1.36. The zero-order valence-electron chi connectivity index (χ0n) is 13.4. The third kappa shape index (κ3) is 2.04. The van der Waals surface area contributed by atoms with E-state index in [4.69, 9.17) is 9.47 Å². The Morgan fingerprint density at radius 3 is 3.00 bits per heavy atom. The van der Waals surface area contributed by atoms with Gasteiger partial charge in [0, 0.05) is 5.92 Å². The molecule has 2 unspecified atom stereocenters. The van der Waals surface area contributed by atoms with Gasteiger partial charge in [-0.25, -0.2) is 0 Å². The summed E-state index contributed by atoms with van der Waals surface area (Å²) in [4.78, 5) is 0. The number of halogens is 1. The Morgan fingerprint density at radius 2 is 2.08 bits per heavy atom. The molecule has 2 nitrogen and oxygen atoms in total. The minimum atomic E-state index is -0.0566. The molecule has 1 aliphatic heterocycles. The molecule has 0 amide bonds. The van der Waals surface area contributed by atoms with E-state index in [0.717, 1.165) is 16.7 Å². The van der Waals surface area contributed by atoms with E-state index in [2.05, 4.69) is 71.4 Å². The second-order valence-corrected chi connectivity index (χ2v) is 7.42. The Balaban J connectivity index is 1.49. The molecule has 0 saturated carbocycles. The van der Waals surface area contributed by atoms with E-state index in [-0.39, 0.29) is 6.10 Å². The summed E-state index contributed by atoms with van der Waals surface area (Å²) < 4.78 is 12.4. The van der Waals surface area contributed by atoms with Crippen molar-refractivity contribution in [3.63, 3.8) is 0 Å². The van der Waals surface area contributed by atoms with Gasteiger partial charge in [0.05, 0.1) is 4.48 Å². The molecule has 24 heavy (non-hydrogen) atoms. The summed E-state index contributed by atoms with van der Waals surface area (Å²) in [5.41, 5.74) is 8.07. The fourth-order valence-electron chi connectivity index (χ4n) is 4.05. The maximum atomic E-state index is 5.69. The highest BCUT2D eigenvalue weighted by Crippen LogP contribution is 2.48. The van der Waals surface area contributed by atoms with Crippen LogP contribution in [-0.4, -0.2) is 12.9 Å². The summed E-state index contributed by atoms with van der Waals surface area (Å²) in [6.45, 7) is 2.54. The molecular weight excluding hydrogens is 364 g/mol. The maximum Gasteiger partial charge on any atom is 0.190 e. The Hall–Kier alpha value is -1.84. The first-order valence-electron chi connectivity index (χ1n) is 8.28. The zero-order valence-corrected chi connectivity index (χ0v) is 15.0. The Kier molecular flexibility index (Phi) is 3.22. The first kappa shape index (κ1) is 14.5. The topological polar surface area (TPSA) is 18.5 Å². The van der Waals surface area contributed by atoms with Crippen molar-refractivity contribution in [1.82, 2.24) is 0 Å². The lowest BCUT2D eigenvalue weighted by Gasteiger charge is -2.21. The first-order chi connectivity index (χ1) is 11.7. The molecule has 0 radical (unpaired) electrons. The average molecular weight is 381 g/mol. The molecule has 1 saturated heterocycles. The number of benzene rings is 1. The van der Waals surface area contributed by atoms with Crippen LogP contribution < -0.4 is 0 Å². The van der Waals surface area contributed by atoms with Gasteiger partial charge < -0.3 is 9.47 Å². The molecule has 1 heterocycles. The van der Waals surface area contributed by atoms with Crippen molar-refractivity contribution >= 4 is 22.0 Å². The van der Waals surface area contributed by atoms with Crippen molar-refractivity contribution in [3.8, 4) is 0 Å². The van der Waals surface area contributed by atoms with E-state index in [1.807, 2.05) is 0 Å². The molecule has 1 aromatic carbocycles. The highest BCUT2D eigenvalue weighted by Gasteiger charge is 2.36. The Bertz CT molecular complexity index is 898. The second-order valence-electron chi connectivity index (χ2n) is 6.63. The quantitative estimate of drug-likeness (QED) is 0.687. The van der Waals surface area contributed by atoms with E-state index in [9.17, 15) is 0 Å². The van der Waals surface area contributed by atoms with Crippen molar-refractivity contribution in [2.75, 3.05) is 6.79 Å². The van der Waals surface area contributed by atoms with Crippen molar-refractivity contribution in [2.45, 2.75) is 25.4 Å². The van der Waals surface area contributed by atoms with E-state index in [0.29, 0.717) is 12.7 Å². The summed E-state index contributed by atoms with van der Waals surface area (Å²) in [5, 5.41) is 0. The first-order valence-corrected chi connectivity index (χ1v) is 9.07. The van der Waals surface area contributed by atoms with Crippen LogP contribution in [0.3, 0.4) is 0 Å². The van der Waals surface area contributed by atoms with E-state index in [1.165, 1.54) is 33.4 Å². The van der Waals surface area contributed by atoms with Crippen LogP contribution in [0.2, 0.25) is 0 Å². The molecule has 3 aliphatic carbocycles. The van der Waals surface area contributed by atoms with Crippen molar-refractivity contribution in [3.05, 3.63) is 86.2 Å². The predicted molar refractivity (Wildman–Crippen MR) is 98.5 cm³/mol. The van der Waals surface area contributed by atoms with Gasteiger partial charge in [-0.1, -0.05) is 36.4 Å². The van der Waals surface area contributed by atoms with Crippen LogP contribution in [0.4, 0.5) is 0 Å². The van der Waals surface area contributed by atoms with Crippen molar-refractivity contribution in [1.29, 1.82) is 0 Å². The van der Waals surface area contributed by atoms with Crippen LogP contribution in [0.15, 0.2) is 75.0 Å². The summed E-state index contributed by atoms with van der Waals surface area (Å²) >= 11 is 3.72. The summed E-state index contributed by atoms with van der Waals surface area (Å²) in [6.07, 6.45) is 10.0. The molecule has 0 aromatic heterocycles. The largest absolute Gasteiger partial charge is 0.468 e. The zero-order chi connectivity index (χ0) is 16.3. The summed E-state index contributed by atoms with van der Waals surface area (Å²) in [6, 6.07) is 8.68. The lowest BCUT2D eigenvalue weighted by molar-refractivity contribution is 0.0629. The number of fused-ring (bicyclic) bond motifs is 3. The molecule has 0 N–H and O–H groups in total. The standard InChI is InChI=1S/C21H17BrO2/c1-12-8-18-17(10-19-21(20(18)22)24-11-23-19)16(12)9-14-7-6-13-4-2-3-5-15(13)14/h2-8,10,14,19H,9,11H2,1H3. The van der Waals surface area contributed by atoms with E-state index in [1.54, 1.807) is 0 Å². The van der Waals surface area contributed by atoms with Crippen LogP contribution in [-0.2, 0) is 9.47 Å². The van der Waals surface area contributed by atoms with Gasteiger partial charge in [-0.3, -0.25) is 0 Å². The van der Waals surface area contributed by atoms with Crippen LogP contribution >= 0.6 is 15.9 Å². The average Bonchev–Trinajstić information content (AvgIpc) is 3.28. The number of hydrogen-bond acceptors (Lipinski definition) is 2. The van der Waals surface area contributed by atoms with Gasteiger partial charge in [-0.15, -0.1) is 0 Å². The molecule has 0 spiro atoms. The number of ether oxygens (including phenoxy) is 2. The highest BCUT2D eigenvalue weighted by molar-refractivity contribution is 9.12. The molecule has 0 bridgehead atoms. The van der Waals surface area contributed by atoms with Crippen molar-refractivity contribution in [2.24, 2.45) is 0 Å². The molecule has 2 atom stereocenters. The molecular formula is C21H17BrO2. The molecule has 3 heteroatoms. The van der Waals surface area contributed by atoms with Gasteiger partial charge >= 0.3 is 0 Å². The van der Waals surface area contributed by atoms with Crippen LogP contribution in [0.25, 0.3) is 6.08 Å². The van der Waals surface area contributed by atoms with Gasteiger partial charge in [-0.2, -0.15) is 0 Å². The minimum Gasteiger partial charge on any atom is -0.468 e. The van der Waals surface area contributed by atoms with Gasteiger partial charge in [0.15, 0.2) is 6.79 Å². The van der Waals surface area contributed by atoms with E-state index >= 15 is 0 Å². The Labute approximate surface area is 150 Å².